The average molecular weight is 473 g/mol. The van der Waals surface area contributed by atoms with Gasteiger partial charge in [-0.25, -0.2) is 0 Å². The van der Waals surface area contributed by atoms with E-state index in [1.54, 1.807) is 18.2 Å². The van der Waals surface area contributed by atoms with E-state index in [-0.39, 0.29) is 18.2 Å². The number of ketones is 1. The van der Waals surface area contributed by atoms with Crippen LogP contribution in [-0.2, 0) is 14.4 Å². The first-order valence-corrected chi connectivity index (χ1v) is 13.6. The van der Waals surface area contributed by atoms with E-state index in [2.05, 4.69) is 13.8 Å². The highest BCUT2D eigenvalue weighted by Crippen LogP contribution is 2.38. The van der Waals surface area contributed by atoms with Crippen LogP contribution in [0.1, 0.15) is 134 Å². The zero-order chi connectivity index (χ0) is 24.6. The van der Waals surface area contributed by atoms with E-state index in [4.69, 9.17) is 9.47 Å². The number of unbranched alkanes of at least 4 members (excludes halogenated alkanes) is 12. The van der Waals surface area contributed by atoms with E-state index in [1.165, 1.54) is 51.4 Å². The zero-order valence-electron chi connectivity index (χ0n) is 21.4. The highest BCUT2D eigenvalue weighted by molar-refractivity contribution is 5.93. The lowest BCUT2D eigenvalue weighted by atomic mass is 9.87. The summed E-state index contributed by atoms with van der Waals surface area (Å²) in [5, 5.41) is 0. The van der Waals surface area contributed by atoms with Gasteiger partial charge in [-0.3, -0.25) is 14.4 Å². The van der Waals surface area contributed by atoms with Crippen molar-refractivity contribution in [3.8, 4) is 11.5 Å². The van der Waals surface area contributed by atoms with Crippen molar-refractivity contribution in [1.82, 2.24) is 0 Å². The van der Waals surface area contributed by atoms with Gasteiger partial charge in [0.15, 0.2) is 0 Å². The molecule has 5 nitrogen and oxygen atoms in total. The van der Waals surface area contributed by atoms with Crippen molar-refractivity contribution in [3.05, 3.63) is 23.8 Å². The third-order valence-corrected chi connectivity index (χ3v) is 6.59. The Morgan fingerprint density at radius 3 is 2.00 bits per heavy atom. The average Bonchev–Trinajstić information content (AvgIpc) is 2.82. The van der Waals surface area contributed by atoms with Crippen LogP contribution in [-0.4, -0.2) is 17.7 Å². The molecule has 0 spiro atoms. The highest BCUT2D eigenvalue weighted by Gasteiger charge is 2.32. The predicted octanol–water partition coefficient (Wildman–Crippen LogP) is 7.84. The molecule has 0 N–H and O–H groups in total. The monoisotopic (exact) mass is 472 g/mol. The lowest BCUT2D eigenvalue weighted by Gasteiger charge is -2.24. The molecule has 1 atom stereocenters. The Balaban J connectivity index is 1.80. The molecule has 0 aromatic heterocycles. The molecule has 190 valence electrons. The molecule has 0 saturated carbocycles. The van der Waals surface area contributed by atoms with Gasteiger partial charge in [0.2, 0.25) is 0 Å². The minimum atomic E-state index is -0.464. The van der Waals surface area contributed by atoms with Crippen LogP contribution in [0.25, 0.3) is 0 Å². The van der Waals surface area contributed by atoms with Crippen molar-refractivity contribution in [3.63, 3.8) is 0 Å². The van der Waals surface area contributed by atoms with Crippen molar-refractivity contribution in [2.24, 2.45) is 0 Å². The van der Waals surface area contributed by atoms with Gasteiger partial charge in [-0.1, -0.05) is 97.0 Å². The van der Waals surface area contributed by atoms with Crippen LogP contribution in [0.5, 0.6) is 11.5 Å². The summed E-state index contributed by atoms with van der Waals surface area (Å²) in [6, 6.07) is 5.04. The van der Waals surface area contributed by atoms with Crippen molar-refractivity contribution in [2.75, 3.05) is 0 Å². The van der Waals surface area contributed by atoms with E-state index in [0.29, 0.717) is 24.3 Å². The van der Waals surface area contributed by atoms with Crippen LogP contribution < -0.4 is 9.47 Å². The van der Waals surface area contributed by atoms with Crippen LogP contribution >= 0.6 is 0 Å². The molecule has 34 heavy (non-hydrogen) atoms. The van der Waals surface area contributed by atoms with Gasteiger partial charge in [0.25, 0.3) is 0 Å². The SMILES string of the molecule is CCCCCCCCCC(=O)Oc1ccc2c(c1)OC(=O)CC2C(=O)CCCCCCCCC. The number of Topliss-reactive ketones (excluding diaryl/α,β-unsaturated/α-hetero) is 1. The molecule has 1 heterocycles. The molecular formula is C29H44O5. The highest BCUT2D eigenvalue weighted by atomic mass is 16.5. The van der Waals surface area contributed by atoms with Crippen LogP contribution in [0.3, 0.4) is 0 Å². The maximum absolute atomic E-state index is 12.8. The quantitative estimate of drug-likeness (QED) is 0.124. The van der Waals surface area contributed by atoms with Gasteiger partial charge in [-0.05, 0) is 18.9 Å². The third kappa shape index (κ3) is 10.4. The van der Waals surface area contributed by atoms with Gasteiger partial charge in [-0.15, -0.1) is 0 Å². The van der Waals surface area contributed by atoms with Gasteiger partial charge >= 0.3 is 11.9 Å². The summed E-state index contributed by atoms with van der Waals surface area (Å²) in [6.45, 7) is 4.41. The molecule has 5 heteroatoms. The Kier molecular flexibility index (Phi) is 13.6. The fourth-order valence-corrected chi connectivity index (χ4v) is 4.52. The second-order valence-corrected chi connectivity index (χ2v) is 9.61. The molecule has 1 aliphatic heterocycles. The smallest absolute Gasteiger partial charge is 0.312 e. The number of hydrogen-bond acceptors (Lipinski definition) is 5. The van der Waals surface area contributed by atoms with Crippen LogP contribution in [0.15, 0.2) is 18.2 Å². The number of carbonyl (C=O) groups is 3. The number of carbonyl (C=O) groups excluding carboxylic acids is 3. The Hall–Kier alpha value is -2.17. The molecule has 0 aliphatic carbocycles. The first kappa shape index (κ1) is 28.1. The van der Waals surface area contributed by atoms with Crippen LogP contribution in [0.2, 0.25) is 0 Å². The lowest BCUT2D eigenvalue weighted by molar-refractivity contribution is -0.138. The van der Waals surface area contributed by atoms with E-state index in [0.717, 1.165) is 44.1 Å². The number of ether oxygens (including phenoxy) is 2. The number of rotatable bonds is 18. The summed E-state index contributed by atoms with van der Waals surface area (Å²) < 4.78 is 10.8. The Bertz CT molecular complexity index is 770. The second-order valence-electron chi connectivity index (χ2n) is 9.61. The topological polar surface area (TPSA) is 69.7 Å². The van der Waals surface area contributed by atoms with E-state index >= 15 is 0 Å². The number of esters is 2. The molecule has 1 aromatic carbocycles. The number of fused-ring (bicyclic) bond motifs is 1. The minimum Gasteiger partial charge on any atom is -0.426 e. The first-order valence-electron chi connectivity index (χ1n) is 13.6. The van der Waals surface area contributed by atoms with Gasteiger partial charge in [-0.2, -0.15) is 0 Å². The molecule has 0 bridgehead atoms. The normalized spacial score (nSPS) is 15.0. The summed E-state index contributed by atoms with van der Waals surface area (Å²) in [5.41, 5.74) is 0.722. The van der Waals surface area contributed by atoms with E-state index in [9.17, 15) is 14.4 Å². The van der Waals surface area contributed by atoms with Crippen LogP contribution in [0.4, 0.5) is 0 Å². The molecule has 1 unspecified atom stereocenters. The summed E-state index contributed by atoms with van der Waals surface area (Å²) in [7, 11) is 0. The lowest BCUT2D eigenvalue weighted by Crippen LogP contribution is -2.25. The van der Waals surface area contributed by atoms with E-state index < -0.39 is 11.9 Å². The number of hydrogen-bond donors (Lipinski definition) is 0. The predicted molar refractivity (Wildman–Crippen MR) is 135 cm³/mol. The molecule has 0 saturated heterocycles. The summed E-state index contributed by atoms with van der Waals surface area (Å²) in [4.78, 5) is 37.2. The minimum absolute atomic E-state index is 0.0831. The number of benzene rings is 1. The molecule has 0 fully saturated rings. The molecule has 1 aliphatic rings. The van der Waals surface area contributed by atoms with Crippen LogP contribution in [0, 0.1) is 0 Å². The fraction of sp³-hybridized carbons (Fsp3) is 0.690. The first-order chi connectivity index (χ1) is 16.5. The summed E-state index contributed by atoms with van der Waals surface area (Å²) >= 11 is 0. The fourth-order valence-electron chi connectivity index (χ4n) is 4.52. The van der Waals surface area contributed by atoms with E-state index in [1.807, 2.05) is 0 Å². The Morgan fingerprint density at radius 2 is 1.38 bits per heavy atom. The van der Waals surface area contributed by atoms with Crippen molar-refractivity contribution in [2.45, 2.75) is 129 Å². The Morgan fingerprint density at radius 1 is 0.824 bits per heavy atom. The molecule has 0 radical (unpaired) electrons. The third-order valence-electron chi connectivity index (χ3n) is 6.59. The molecule has 1 aromatic rings. The van der Waals surface area contributed by atoms with Gasteiger partial charge in [0.05, 0.1) is 12.3 Å². The zero-order valence-corrected chi connectivity index (χ0v) is 21.4. The maximum Gasteiger partial charge on any atom is 0.312 e. The maximum atomic E-state index is 12.8. The molecule has 2 rings (SSSR count). The standard InChI is InChI=1S/C29H44O5/c1-3-5-7-9-11-13-15-17-26(30)25-22-29(32)34-27-21-23(19-20-24(25)27)33-28(31)18-16-14-12-10-8-6-4-2/h19-21,25H,3-18,22H2,1-2H3. The second kappa shape index (κ2) is 16.5. The van der Waals surface area contributed by atoms with Crippen molar-refractivity contribution in [1.29, 1.82) is 0 Å². The summed E-state index contributed by atoms with van der Waals surface area (Å²) in [5.74, 6) is -0.349. The molecule has 0 amide bonds. The summed E-state index contributed by atoms with van der Waals surface area (Å²) in [6.07, 6.45) is 17.0. The van der Waals surface area contributed by atoms with Gasteiger partial charge in [0, 0.05) is 24.5 Å². The Labute approximate surface area is 206 Å². The van der Waals surface area contributed by atoms with Gasteiger partial charge < -0.3 is 9.47 Å². The largest absolute Gasteiger partial charge is 0.426 e. The van der Waals surface area contributed by atoms with Crippen molar-refractivity contribution < 1.29 is 23.9 Å². The van der Waals surface area contributed by atoms with Gasteiger partial charge in [0.1, 0.15) is 17.3 Å². The van der Waals surface area contributed by atoms with Crippen molar-refractivity contribution >= 4 is 17.7 Å². The molecular weight excluding hydrogens is 428 g/mol.